The second-order valence-electron chi connectivity index (χ2n) is 3.82. The standard InChI is InChI=1S/C9H17NS2/c1-7-6-10-9(12-7)4-3-5-11-8(9)2/h7-8,10H,3-6H2,1-2H3. The average molecular weight is 203 g/mol. The highest BCUT2D eigenvalue weighted by molar-refractivity contribution is 8.04. The molecule has 0 bridgehead atoms. The monoisotopic (exact) mass is 203 g/mol. The number of rotatable bonds is 0. The van der Waals surface area contributed by atoms with Crippen molar-refractivity contribution in [2.45, 2.75) is 42.1 Å². The van der Waals surface area contributed by atoms with Gasteiger partial charge in [0.1, 0.15) is 0 Å². The molecule has 1 nitrogen and oxygen atoms in total. The Labute approximate surface area is 83.4 Å². The van der Waals surface area contributed by atoms with Gasteiger partial charge in [-0.05, 0) is 18.6 Å². The maximum atomic E-state index is 3.71. The summed E-state index contributed by atoms with van der Waals surface area (Å²) in [5.74, 6) is 1.36. The van der Waals surface area contributed by atoms with Crippen LogP contribution in [-0.4, -0.2) is 27.7 Å². The van der Waals surface area contributed by atoms with E-state index in [2.05, 4.69) is 42.7 Å². The Morgan fingerprint density at radius 2 is 2.25 bits per heavy atom. The van der Waals surface area contributed by atoms with Crippen LogP contribution in [0.2, 0.25) is 0 Å². The molecule has 2 heterocycles. The normalized spacial score (nSPS) is 48.5. The van der Waals surface area contributed by atoms with Gasteiger partial charge in [-0.1, -0.05) is 13.8 Å². The fourth-order valence-corrected chi connectivity index (χ4v) is 5.09. The highest BCUT2D eigenvalue weighted by Gasteiger charge is 2.43. The molecular weight excluding hydrogens is 186 g/mol. The molecule has 3 atom stereocenters. The van der Waals surface area contributed by atoms with Crippen molar-refractivity contribution in [1.82, 2.24) is 5.32 Å². The maximum Gasteiger partial charge on any atom is 0.0766 e. The predicted octanol–water partition coefficient (Wildman–Crippen LogP) is 2.32. The first-order valence-electron chi connectivity index (χ1n) is 4.77. The third-order valence-corrected chi connectivity index (χ3v) is 6.08. The van der Waals surface area contributed by atoms with Crippen molar-refractivity contribution < 1.29 is 0 Å². The summed E-state index contributed by atoms with van der Waals surface area (Å²) >= 11 is 4.30. The van der Waals surface area contributed by atoms with E-state index in [0.717, 1.165) is 10.5 Å². The zero-order valence-corrected chi connectivity index (χ0v) is 9.43. The van der Waals surface area contributed by atoms with Gasteiger partial charge in [-0.3, -0.25) is 0 Å². The van der Waals surface area contributed by atoms with Crippen molar-refractivity contribution in [3.05, 3.63) is 0 Å². The summed E-state index contributed by atoms with van der Waals surface area (Å²) in [6.45, 7) is 5.91. The maximum absolute atomic E-state index is 3.71. The molecular formula is C9H17NS2. The molecule has 2 rings (SSSR count). The Kier molecular flexibility index (Phi) is 2.64. The largest absolute Gasteiger partial charge is 0.301 e. The van der Waals surface area contributed by atoms with E-state index >= 15 is 0 Å². The van der Waals surface area contributed by atoms with Gasteiger partial charge in [0, 0.05) is 17.0 Å². The van der Waals surface area contributed by atoms with Gasteiger partial charge < -0.3 is 5.32 Å². The average Bonchev–Trinajstić information content (AvgIpc) is 2.41. The quantitative estimate of drug-likeness (QED) is 0.649. The van der Waals surface area contributed by atoms with Gasteiger partial charge >= 0.3 is 0 Å². The van der Waals surface area contributed by atoms with E-state index in [-0.39, 0.29) is 0 Å². The van der Waals surface area contributed by atoms with Crippen molar-refractivity contribution in [3.8, 4) is 0 Å². The minimum atomic E-state index is 0.433. The van der Waals surface area contributed by atoms with Crippen LogP contribution in [0.15, 0.2) is 0 Å². The van der Waals surface area contributed by atoms with E-state index in [0.29, 0.717) is 4.87 Å². The summed E-state index contributed by atoms with van der Waals surface area (Å²) in [4.78, 5) is 0.433. The third-order valence-electron chi connectivity index (χ3n) is 2.82. The van der Waals surface area contributed by atoms with Gasteiger partial charge in [-0.15, -0.1) is 11.8 Å². The van der Waals surface area contributed by atoms with E-state index in [1.807, 2.05) is 0 Å². The first-order chi connectivity index (χ1) is 5.73. The van der Waals surface area contributed by atoms with Crippen LogP contribution < -0.4 is 5.32 Å². The van der Waals surface area contributed by atoms with Crippen LogP contribution in [0.3, 0.4) is 0 Å². The van der Waals surface area contributed by atoms with Crippen LogP contribution >= 0.6 is 23.5 Å². The molecule has 1 spiro atoms. The fraction of sp³-hybridized carbons (Fsp3) is 1.00. The summed E-state index contributed by atoms with van der Waals surface area (Å²) in [5, 5.41) is 5.32. The van der Waals surface area contributed by atoms with Crippen molar-refractivity contribution in [1.29, 1.82) is 0 Å². The predicted molar refractivity (Wildman–Crippen MR) is 58.9 cm³/mol. The summed E-state index contributed by atoms with van der Waals surface area (Å²) in [6, 6.07) is 0. The molecule has 0 radical (unpaired) electrons. The molecule has 2 saturated heterocycles. The molecule has 1 N–H and O–H groups in total. The highest BCUT2D eigenvalue weighted by Crippen LogP contribution is 2.46. The third kappa shape index (κ3) is 1.51. The molecule has 0 amide bonds. The van der Waals surface area contributed by atoms with Crippen molar-refractivity contribution >= 4 is 23.5 Å². The van der Waals surface area contributed by atoms with Crippen molar-refractivity contribution in [2.24, 2.45) is 0 Å². The second kappa shape index (κ2) is 3.43. The lowest BCUT2D eigenvalue weighted by molar-refractivity contribution is 0.446. The molecule has 0 aliphatic carbocycles. The molecule has 2 aliphatic heterocycles. The molecule has 70 valence electrons. The van der Waals surface area contributed by atoms with Crippen LogP contribution in [0.25, 0.3) is 0 Å². The summed E-state index contributed by atoms with van der Waals surface area (Å²) < 4.78 is 0. The van der Waals surface area contributed by atoms with Crippen LogP contribution in [0.5, 0.6) is 0 Å². The highest BCUT2D eigenvalue weighted by atomic mass is 32.2. The van der Waals surface area contributed by atoms with Crippen molar-refractivity contribution in [2.75, 3.05) is 12.3 Å². The van der Waals surface area contributed by atoms with Crippen LogP contribution in [0, 0.1) is 0 Å². The zero-order chi connectivity index (χ0) is 8.60. The summed E-state index contributed by atoms with van der Waals surface area (Å²) in [7, 11) is 0. The first kappa shape index (κ1) is 9.22. The van der Waals surface area contributed by atoms with E-state index in [4.69, 9.17) is 0 Å². The van der Waals surface area contributed by atoms with Gasteiger partial charge in [0.2, 0.25) is 0 Å². The number of hydrogen-bond acceptors (Lipinski definition) is 3. The van der Waals surface area contributed by atoms with Gasteiger partial charge in [-0.2, -0.15) is 11.8 Å². The van der Waals surface area contributed by atoms with E-state index in [9.17, 15) is 0 Å². The minimum absolute atomic E-state index is 0.433. The van der Waals surface area contributed by atoms with Crippen LogP contribution in [0.1, 0.15) is 26.7 Å². The summed E-state index contributed by atoms with van der Waals surface area (Å²) in [5.41, 5.74) is 0. The molecule has 0 aromatic carbocycles. The first-order valence-corrected chi connectivity index (χ1v) is 6.70. The van der Waals surface area contributed by atoms with Gasteiger partial charge in [0.15, 0.2) is 0 Å². The van der Waals surface area contributed by atoms with Gasteiger partial charge in [0.25, 0.3) is 0 Å². The molecule has 3 heteroatoms. The Morgan fingerprint density at radius 1 is 1.42 bits per heavy atom. The number of hydrogen-bond donors (Lipinski definition) is 1. The minimum Gasteiger partial charge on any atom is -0.301 e. The topological polar surface area (TPSA) is 12.0 Å². The smallest absolute Gasteiger partial charge is 0.0766 e. The SMILES string of the molecule is CC1CNC2(CCCSC2C)S1. The molecule has 0 saturated carbocycles. The number of thioether (sulfide) groups is 2. The molecule has 3 unspecified atom stereocenters. The van der Waals surface area contributed by atoms with Crippen LogP contribution in [0.4, 0.5) is 0 Å². The Bertz CT molecular complexity index is 170. The van der Waals surface area contributed by atoms with Gasteiger partial charge in [0.05, 0.1) is 4.87 Å². The lowest BCUT2D eigenvalue weighted by atomic mass is 10.1. The van der Waals surface area contributed by atoms with E-state index in [1.54, 1.807) is 0 Å². The Hall–Kier alpha value is 0.660. The van der Waals surface area contributed by atoms with Crippen molar-refractivity contribution in [3.63, 3.8) is 0 Å². The molecule has 12 heavy (non-hydrogen) atoms. The fourth-order valence-electron chi connectivity index (χ4n) is 2.08. The lowest BCUT2D eigenvalue weighted by Gasteiger charge is -2.38. The Morgan fingerprint density at radius 3 is 2.83 bits per heavy atom. The second-order valence-corrected chi connectivity index (χ2v) is 7.03. The van der Waals surface area contributed by atoms with E-state index < -0.39 is 0 Å². The Balaban J connectivity index is 2.07. The van der Waals surface area contributed by atoms with Crippen LogP contribution in [-0.2, 0) is 0 Å². The number of nitrogens with one attached hydrogen (secondary N) is 1. The zero-order valence-electron chi connectivity index (χ0n) is 7.80. The molecule has 0 aromatic rings. The molecule has 0 aromatic heterocycles. The van der Waals surface area contributed by atoms with E-state index in [1.165, 1.54) is 25.1 Å². The summed E-state index contributed by atoms with van der Waals surface area (Å²) in [6.07, 6.45) is 2.76. The molecule has 2 aliphatic rings. The van der Waals surface area contributed by atoms with Gasteiger partial charge in [-0.25, -0.2) is 0 Å². The lowest BCUT2D eigenvalue weighted by Crippen LogP contribution is -2.47. The molecule has 2 fully saturated rings.